The molecule has 0 radical (unpaired) electrons. The topological polar surface area (TPSA) is 92.5 Å². The molecule has 96 valence electrons. The van der Waals surface area contributed by atoms with Crippen molar-refractivity contribution in [2.75, 3.05) is 5.32 Å². The molecule has 2 rings (SSSR count). The number of anilines is 1. The van der Waals surface area contributed by atoms with Gasteiger partial charge in [0.1, 0.15) is 5.69 Å². The average Bonchev–Trinajstić information content (AvgIpc) is 2.26. The van der Waals surface area contributed by atoms with Crippen LogP contribution in [0.4, 0.5) is 11.4 Å². The summed E-state index contributed by atoms with van der Waals surface area (Å²) < 4.78 is 0. The van der Waals surface area contributed by atoms with Crippen LogP contribution in [0.5, 0.6) is 0 Å². The summed E-state index contributed by atoms with van der Waals surface area (Å²) in [6, 6.07) is 3.99. The molecule has 1 saturated carbocycles. The van der Waals surface area contributed by atoms with Crippen molar-refractivity contribution in [3.05, 3.63) is 33.9 Å². The Balaban J connectivity index is 2.26. The van der Waals surface area contributed by atoms with Gasteiger partial charge in [-0.3, -0.25) is 10.1 Å². The van der Waals surface area contributed by atoms with Gasteiger partial charge in [0.2, 0.25) is 0 Å². The summed E-state index contributed by atoms with van der Waals surface area (Å²) in [4.78, 5) is 21.2. The van der Waals surface area contributed by atoms with E-state index in [0.717, 1.165) is 12.8 Å². The van der Waals surface area contributed by atoms with Crippen LogP contribution in [0.1, 0.15) is 30.1 Å². The maximum absolute atomic E-state index is 10.9. The molecular weight excluding hydrogens is 236 g/mol. The number of nitro benzene ring substituents is 1. The molecule has 0 heterocycles. The molecule has 0 amide bonds. The molecule has 0 atom stereocenters. The fourth-order valence-electron chi connectivity index (χ4n) is 2.18. The summed E-state index contributed by atoms with van der Waals surface area (Å²) in [5.74, 6) is -0.473. The van der Waals surface area contributed by atoms with Gasteiger partial charge in [-0.05, 0) is 30.9 Å². The lowest BCUT2D eigenvalue weighted by atomic mass is 9.82. The minimum absolute atomic E-state index is 0.0514. The Morgan fingerprint density at radius 2 is 2.17 bits per heavy atom. The van der Waals surface area contributed by atoms with Gasteiger partial charge in [-0.2, -0.15) is 0 Å². The second-order valence-electron chi connectivity index (χ2n) is 4.71. The summed E-state index contributed by atoms with van der Waals surface area (Å²) in [7, 11) is 0. The smallest absolute Gasteiger partial charge is 0.335 e. The first-order valence-corrected chi connectivity index (χ1v) is 5.75. The van der Waals surface area contributed by atoms with Crippen LogP contribution in [0.15, 0.2) is 18.2 Å². The van der Waals surface area contributed by atoms with Gasteiger partial charge >= 0.3 is 5.97 Å². The van der Waals surface area contributed by atoms with Crippen LogP contribution in [0.3, 0.4) is 0 Å². The Bertz CT molecular complexity index is 495. The fraction of sp³-hybridized carbons (Fsp3) is 0.417. The van der Waals surface area contributed by atoms with Crippen LogP contribution >= 0.6 is 0 Å². The largest absolute Gasteiger partial charge is 0.478 e. The van der Waals surface area contributed by atoms with E-state index in [4.69, 9.17) is 5.11 Å². The normalized spacial score (nSPS) is 22.1. The van der Waals surface area contributed by atoms with Crippen molar-refractivity contribution < 1.29 is 14.8 Å². The summed E-state index contributed by atoms with van der Waals surface area (Å²) in [5, 5.41) is 22.8. The van der Waals surface area contributed by atoms with Crippen molar-refractivity contribution in [1.29, 1.82) is 0 Å². The molecule has 6 nitrogen and oxygen atoms in total. The lowest BCUT2D eigenvalue weighted by molar-refractivity contribution is -0.384. The molecular formula is C12H14N2O4. The number of carbonyl (C=O) groups is 1. The molecule has 6 heteroatoms. The zero-order chi connectivity index (χ0) is 13.3. The predicted octanol–water partition coefficient (Wildman–Crippen LogP) is 2.50. The molecule has 0 aromatic heterocycles. The molecule has 0 unspecified atom stereocenters. The van der Waals surface area contributed by atoms with Crippen molar-refractivity contribution in [2.24, 2.45) is 5.92 Å². The summed E-state index contributed by atoms with van der Waals surface area (Å²) in [5.41, 5.74) is 0.256. The average molecular weight is 250 g/mol. The van der Waals surface area contributed by atoms with E-state index in [0.29, 0.717) is 5.92 Å². The monoisotopic (exact) mass is 250 g/mol. The Morgan fingerprint density at radius 3 is 2.67 bits per heavy atom. The van der Waals surface area contributed by atoms with Crippen LogP contribution in [0.25, 0.3) is 0 Å². The van der Waals surface area contributed by atoms with Crippen molar-refractivity contribution in [3.63, 3.8) is 0 Å². The van der Waals surface area contributed by atoms with E-state index in [1.807, 2.05) is 0 Å². The Kier molecular flexibility index (Phi) is 3.18. The number of carboxylic acid groups (broad SMARTS) is 1. The lowest BCUT2D eigenvalue weighted by Crippen LogP contribution is -2.34. The molecule has 1 aliphatic rings. The zero-order valence-corrected chi connectivity index (χ0v) is 9.92. The minimum atomic E-state index is -1.09. The maximum atomic E-state index is 10.9. The number of rotatable bonds is 4. The molecule has 0 saturated heterocycles. The number of nitrogens with zero attached hydrogens (tertiary/aromatic N) is 1. The molecule has 18 heavy (non-hydrogen) atoms. The van der Waals surface area contributed by atoms with Gasteiger partial charge in [0.25, 0.3) is 5.69 Å². The van der Waals surface area contributed by atoms with Crippen LogP contribution in [0.2, 0.25) is 0 Å². The van der Waals surface area contributed by atoms with Crippen LogP contribution in [-0.4, -0.2) is 22.0 Å². The van der Waals surface area contributed by atoms with Gasteiger partial charge in [0.15, 0.2) is 0 Å². The quantitative estimate of drug-likeness (QED) is 0.632. The lowest BCUT2D eigenvalue weighted by Gasteiger charge is -2.33. The molecule has 1 fully saturated rings. The number of nitrogens with one attached hydrogen (secondary N) is 1. The molecule has 0 bridgehead atoms. The van der Waals surface area contributed by atoms with Crippen molar-refractivity contribution >= 4 is 17.3 Å². The third-order valence-electron chi connectivity index (χ3n) is 3.17. The van der Waals surface area contributed by atoms with Gasteiger partial charge in [0.05, 0.1) is 10.5 Å². The number of benzene rings is 1. The van der Waals surface area contributed by atoms with Gasteiger partial charge in [-0.1, -0.05) is 6.92 Å². The van der Waals surface area contributed by atoms with Crippen molar-refractivity contribution in [2.45, 2.75) is 25.8 Å². The highest BCUT2D eigenvalue weighted by atomic mass is 16.6. The Hall–Kier alpha value is -2.11. The van der Waals surface area contributed by atoms with Crippen LogP contribution in [-0.2, 0) is 0 Å². The highest BCUT2D eigenvalue weighted by Gasteiger charge is 2.27. The fourth-order valence-corrected chi connectivity index (χ4v) is 2.18. The molecule has 1 aromatic carbocycles. The third kappa shape index (κ3) is 2.42. The van der Waals surface area contributed by atoms with Gasteiger partial charge in [0, 0.05) is 12.1 Å². The van der Waals surface area contributed by atoms with E-state index in [1.54, 1.807) is 0 Å². The Morgan fingerprint density at radius 1 is 1.50 bits per heavy atom. The van der Waals surface area contributed by atoms with Gasteiger partial charge < -0.3 is 10.4 Å². The first-order chi connectivity index (χ1) is 8.47. The van der Waals surface area contributed by atoms with Crippen LogP contribution < -0.4 is 5.32 Å². The molecule has 2 N–H and O–H groups in total. The van der Waals surface area contributed by atoms with E-state index in [-0.39, 0.29) is 23.0 Å². The predicted molar refractivity (Wildman–Crippen MR) is 65.9 cm³/mol. The number of hydrogen-bond acceptors (Lipinski definition) is 4. The number of nitro groups is 1. The van der Waals surface area contributed by atoms with E-state index in [1.165, 1.54) is 18.2 Å². The number of aromatic carboxylic acids is 1. The first-order valence-electron chi connectivity index (χ1n) is 5.75. The molecule has 1 aromatic rings. The summed E-state index contributed by atoms with van der Waals surface area (Å²) >= 11 is 0. The number of hydrogen-bond donors (Lipinski definition) is 2. The zero-order valence-electron chi connectivity index (χ0n) is 9.92. The molecule has 0 spiro atoms. The van der Waals surface area contributed by atoms with Gasteiger partial charge in [-0.25, -0.2) is 4.79 Å². The Labute approximate surface area is 104 Å². The first kappa shape index (κ1) is 12.3. The van der Waals surface area contributed by atoms with Crippen molar-refractivity contribution in [1.82, 2.24) is 0 Å². The molecule has 1 aliphatic carbocycles. The summed E-state index contributed by atoms with van der Waals surface area (Å²) in [6.45, 7) is 2.11. The van der Waals surface area contributed by atoms with Crippen LogP contribution in [0, 0.1) is 16.0 Å². The highest BCUT2D eigenvalue weighted by molar-refractivity contribution is 5.90. The molecule has 0 aliphatic heterocycles. The van der Waals surface area contributed by atoms with E-state index < -0.39 is 10.9 Å². The van der Waals surface area contributed by atoms with E-state index in [9.17, 15) is 14.9 Å². The number of carboxylic acids is 1. The summed E-state index contributed by atoms with van der Waals surface area (Å²) in [6.07, 6.45) is 1.91. The maximum Gasteiger partial charge on any atom is 0.335 e. The standard InChI is InChI=1S/C12H14N2O4/c1-7-4-9(5-7)13-10-6-8(12(15)16)2-3-11(10)14(17)18/h2-3,6-7,9,13H,4-5H2,1H3,(H,15,16). The van der Waals surface area contributed by atoms with Crippen molar-refractivity contribution in [3.8, 4) is 0 Å². The van der Waals surface area contributed by atoms with E-state index in [2.05, 4.69) is 12.2 Å². The minimum Gasteiger partial charge on any atom is -0.478 e. The highest BCUT2D eigenvalue weighted by Crippen LogP contribution is 2.33. The second-order valence-corrected chi connectivity index (χ2v) is 4.71. The van der Waals surface area contributed by atoms with Gasteiger partial charge in [-0.15, -0.1) is 0 Å². The van der Waals surface area contributed by atoms with E-state index >= 15 is 0 Å². The second kappa shape index (κ2) is 4.64. The third-order valence-corrected chi connectivity index (χ3v) is 3.17. The SMILES string of the molecule is CC1CC(Nc2cc(C(=O)O)ccc2[N+](=O)[O-])C1.